The van der Waals surface area contributed by atoms with Crippen LogP contribution >= 0.6 is 46.7 Å². The molecule has 0 spiro atoms. The first-order valence-corrected chi connectivity index (χ1v) is 11.5. The van der Waals surface area contributed by atoms with Crippen molar-refractivity contribution < 1.29 is 0 Å². The van der Waals surface area contributed by atoms with Crippen LogP contribution < -0.4 is 0 Å². The fraction of sp³-hybridized carbons (Fsp3) is 0.0870. The Hall–Kier alpha value is -1.85. The summed E-state index contributed by atoms with van der Waals surface area (Å²) in [6.07, 6.45) is 5.64. The molecular formula is C23H18Cl2N2S2. The van der Waals surface area contributed by atoms with Crippen LogP contribution in [0.15, 0.2) is 106 Å². The van der Waals surface area contributed by atoms with Crippen LogP contribution in [0, 0.1) is 0 Å². The van der Waals surface area contributed by atoms with Gasteiger partial charge in [-0.3, -0.25) is 0 Å². The van der Waals surface area contributed by atoms with Gasteiger partial charge in [-0.25, -0.2) is 4.98 Å². The van der Waals surface area contributed by atoms with Gasteiger partial charge in [-0.1, -0.05) is 65.3 Å². The number of thioether (sulfide) groups is 1. The third-order valence-corrected chi connectivity index (χ3v) is 7.32. The van der Waals surface area contributed by atoms with Crippen LogP contribution in [0.2, 0.25) is 10.0 Å². The van der Waals surface area contributed by atoms with E-state index in [1.807, 2.05) is 36.8 Å². The lowest BCUT2D eigenvalue weighted by molar-refractivity contribution is 0.683. The fourth-order valence-corrected chi connectivity index (χ4v) is 5.29. The number of halogens is 2. The number of hydrogen-bond donors (Lipinski definition) is 0. The maximum Gasteiger partial charge on any atom is 0.0946 e. The van der Waals surface area contributed by atoms with Crippen molar-refractivity contribution in [3.8, 4) is 0 Å². The van der Waals surface area contributed by atoms with Crippen molar-refractivity contribution in [1.82, 2.24) is 9.55 Å². The van der Waals surface area contributed by atoms with Gasteiger partial charge < -0.3 is 4.57 Å². The molecule has 4 aromatic rings. The summed E-state index contributed by atoms with van der Waals surface area (Å²) in [5, 5.41) is 1.37. The molecule has 0 saturated carbocycles. The van der Waals surface area contributed by atoms with E-state index in [1.54, 1.807) is 29.7 Å². The van der Waals surface area contributed by atoms with Crippen molar-refractivity contribution >= 4 is 46.7 Å². The summed E-state index contributed by atoms with van der Waals surface area (Å²) in [6.45, 7) is 0.816. The Kier molecular flexibility index (Phi) is 6.88. The van der Waals surface area contributed by atoms with E-state index in [9.17, 15) is 0 Å². The van der Waals surface area contributed by atoms with Gasteiger partial charge in [0.05, 0.1) is 21.6 Å². The van der Waals surface area contributed by atoms with Crippen molar-refractivity contribution in [2.45, 2.75) is 26.5 Å². The minimum Gasteiger partial charge on any atom is -0.336 e. The molecule has 146 valence electrons. The average Bonchev–Trinajstić information content (AvgIpc) is 3.25. The van der Waals surface area contributed by atoms with Gasteiger partial charge in [0.25, 0.3) is 0 Å². The first kappa shape index (κ1) is 20.4. The molecule has 0 radical (unpaired) electrons. The molecule has 0 aliphatic rings. The van der Waals surface area contributed by atoms with E-state index >= 15 is 0 Å². The second-order valence-corrected chi connectivity index (χ2v) is 9.66. The van der Waals surface area contributed by atoms with Crippen molar-refractivity contribution in [2.24, 2.45) is 0 Å². The Labute approximate surface area is 189 Å². The SMILES string of the molecule is Clc1ccc(SC(Cn2ccnc2)c2ccc(Sc3ccccc3)cc2)cc1Cl. The molecule has 0 aliphatic heterocycles. The smallest absolute Gasteiger partial charge is 0.0946 e. The van der Waals surface area contributed by atoms with Crippen LogP contribution in [0.3, 0.4) is 0 Å². The normalized spacial score (nSPS) is 12.1. The first-order chi connectivity index (χ1) is 14.2. The lowest BCUT2D eigenvalue weighted by Gasteiger charge is -2.18. The van der Waals surface area contributed by atoms with E-state index in [-0.39, 0.29) is 5.25 Å². The third-order valence-electron chi connectivity index (χ3n) is 4.34. The molecule has 2 nitrogen and oxygen atoms in total. The Bertz CT molecular complexity index is 1050. The Balaban J connectivity index is 1.55. The van der Waals surface area contributed by atoms with Gasteiger partial charge in [0, 0.05) is 33.6 Å². The molecule has 1 heterocycles. The predicted octanol–water partition coefficient (Wildman–Crippen LogP) is 7.87. The van der Waals surface area contributed by atoms with Gasteiger partial charge >= 0.3 is 0 Å². The molecule has 6 heteroatoms. The molecule has 0 bridgehead atoms. The molecule has 0 saturated heterocycles. The molecule has 3 aromatic carbocycles. The first-order valence-electron chi connectivity index (χ1n) is 9.08. The van der Waals surface area contributed by atoms with E-state index in [1.165, 1.54) is 15.4 Å². The lowest BCUT2D eigenvalue weighted by atomic mass is 10.1. The van der Waals surface area contributed by atoms with Gasteiger partial charge in [0.15, 0.2) is 0 Å². The number of aromatic nitrogens is 2. The molecule has 0 fully saturated rings. The number of benzene rings is 3. The van der Waals surface area contributed by atoms with Crippen LogP contribution in [0.5, 0.6) is 0 Å². The Morgan fingerprint density at radius 2 is 1.55 bits per heavy atom. The predicted molar refractivity (Wildman–Crippen MR) is 124 cm³/mol. The van der Waals surface area contributed by atoms with Crippen LogP contribution in [0.4, 0.5) is 0 Å². The van der Waals surface area contributed by atoms with E-state index in [0.29, 0.717) is 10.0 Å². The summed E-state index contributed by atoms with van der Waals surface area (Å²) in [5.74, 6) is 0. The molecule has 1 aromatic heterocycles. The number of nitrogens with zero attached hydrogens (tertiary/aromatic N) is 2. The highest BCUT2D eigenvalue weighted by atomic mass is 35.5. The van der Waals surface area contributed by atoms with Crippen LogP contribution in [0.25, 0.3) is 0 Å². The van der Waals surface area contributed by atoms with Gasteiger partial charge in [-0.15, -0.1) is 11.8 Å². The highest BCUT2D eigenvalue weighted by Gasteiger charge is 2.15. The van der Waals surface area contributed by atoms with Crippen molar-refractivity contribution in [1.29, 1.82) is 0 Å². The molecule has 4 rings (SSSR count). The lowest BCUT2D eigenvalue weighted by Crippen LogP contribution is -2.05. The topological polar surface area (TPSA) is 17.8 Å². The van der Waals surface area contributed by atoms with Gasteiger partial charge in [-0.05, 0) is 48.0 Å². The quantitative estimate of drug-likeness (QED) is 0.263. The van der Waals surface area contributed by atoms with E-state index in [2.05, 4.69) is 58.1 Å². The van der Waals surface area contributed by atoms with Crippen molar-refractivity contribution in [3.05, 3.63) is 107 Å². The van der Waals surface area contributed by atoms with E-state index in [4.69, 9.17) is 23.2 Å². The highest BCUT2D eigenvalue weighted by Crippen LogP contribution is 2.39. The van der Waals surface area contributed by atoms with Crippen molar-refractivity contribution in [2.75, 3.05) is 0 Å². The van der Waals surface area contributed by atoms with Crippen LogP contribution in [0.1, 0.15) is 10.8 Å². The average molecular weight is 457 g/mol. The molecule has 1 atom stereocenters. The van der Waals surface area contributed by atoms with Gasteiger partial charge in [0.1, 0.15) is 0 Å². The summed E-state index contributed by atoms with van der Waals surface area (Å²) in [6, 6.07) is 25.0. The summed E-state index contributed by atoms with van der Waals surface area (Å²) in [7, 11) is 0. The highest BCUT2D eigenvalue weighted by molar-refractivity contribution is 7.99. The summed E-state index contributed by atoms with van der Waals surface area (Å²) >= 11 is 15.8. The summed E-state index contributed by atoms with van der Waals surface area (Å²) in [5.41, 5.74) is 1.26. The zero-order valence-electron chi connectivity index (χ0n) is 15.4. The van der Waals surface area contributed by atoms with Crippen LogP contribution in [-0.4, -0.2) is 9.55 Å². The number of imidazole rings is 1. The molecule has 1 unspecified atom stereocenters. The standard InChI is InChI=1S/C23H18Cl2N2S2/c24-21-11-10-20(14-22(21)25)29-23(15-27-13-12-26-16-27)17-6-8-19(9-7-17)28-18-4-2-1-3-5-18/h1-14,16,23H,15H2. The largest absolute Gasteiger partial charge is 0.336 e. The van der Waals surface area contributed by atoms with E-state index in [0.717, 1.165) is 11.4 Å². The number of hydrogen-bond acceptors (Lipinski definition) is 3. The minimum absolute atomic E-state index is 0.220. The van der Waals surface area contributed by atoms with Gasteiger partial charge in [0.2, 0.25) is 0 Å². The second-order valence-electron chi connectivity index (χ2n) is 6.43. The zero-order valence-corrected chi connectivity index (χ0v) is 18.6. The second kappa shape index (κ2) is 9.77. The zero-order chi connectivity index (χ0) is 20.1. The summed E-state index contributed by atoms with van der Waals surface area (Å²) in [4.78, 5) is 7.72. The minimum atomic E-state index is 0.220. The molecular weight excluding hydrogens is 439 g/mol. The molecule has 0 amide bonds. The third kappa shape index (κ3) is 5.61. The molecule has 0 N–H and O–H groups in total. The molecule has 29 heavy (non-hydrogen) atoms. The Morgan fingerprint density at radius 3 is 2.24 bits per heavy atom. The maximum absolute atomic E-state index is 6.22. The Morgan fingerprint density at radius 1 is 0.828 bits per heavy atom. The van der Waals surface area contributed by atoms with Crippen LogP contribution in [-0.2, 0) is 6.54 Å². The van der Waals surface area contributed by atoms with Gasteiger partial charge in [-0.2, -0.15) is 0 Å². The van der Waals surface area contributed by atoms with E-state index < -0.39 is 0 Å². The monoisotopic (exact) mass is 456 g/mol. The molecule has 0 aliphatic carbocycles. The summed E-state index contributed by atoms with van der Waals surface area (Å²) < 4.78 is 2.10. The van der Waals surface area contributed by atoms with Crippen molar-refractivity contribution in [3.63, 3.8) is 0 Å². The number of rotatable bonds is 7. The fourth-order valence-electron chi connectivity index (χ4n) is 2.89. The maximum atomic E-state index is 6.22.